The van der Waals surface area contributed by atoms with E-state index in [0.29, 0.717) is 17.9 Å². The van der Waals surface area contributed by atoms with Gasteiger partial charge in [0, 0.05) is 37.3 Å². The molecule has 0 spiro atoms. The molecule has 11 heteroatoms. The molecule has 1 fully saturated rings. The molecule has 1 aliphatic rings. The third-order valence-electron chi connectivity index (χ3n) is 7.09. The minimum atomic E-state index is -0.779. The van der Waals surface area contributed by atoms with Gasteiger partial charge in [-0.3, -0.25) is 9.78 Å². The monoisotopic (exact) mass is 521 g/mol. The number of hydrogen-bond acceptors (Lipinski definition) is 7. The van der Waals surface area contributed by atoms with Gasteiger partial charge in [0.15, 0.2) is 0 Å². The number of amides is 1. The van der Waals surface area contributed by atoms with Crippen molar-refractivity contribution < 1.29 is 18.3 Å². The summed E-state index contributed by atoms with van der Waals surface area (Å²) in [5, 5.41) is 10.8. The molecule has 1 aliphatic carbocycles. The minimum Gasteiger partial charge on any atom is -0.497 e. The first kappa shape index (κ1) is 25.5. The number of nitrogens with zero attached hydrogens (tertiary/aromatic N) is 4. The number of anilines is 2. The largest absolute Gasteiger partial charge is 0.497 e. The lowest BCUT2D eigenvalue weighted by Gasteiger charge is -2.39. The van der Waals surface area contributed by atoms with Crippen LogP contribution in [0.15, 0.2) is 48.9 Å². The molecule has 4 aromatic rings. The molecule has 0 aliphatic heterocycles. The van der Waals surface area contributed by atoms with Crippen LogP contribution in [0.25, 0.3) is 16.8 Å². The van der Waals surface area contributed by atoms with Gasteiger partial charge in [0.25, 0.3) is 0 Å². The van der Waals surface area contributed by atoms with Crippen LogP contribution in [-0.2, 0) is 4.79 Å². The lowest BCUT2D eigenvalue weighted by molar-refractivity contribution is -0.120. The molecule has 0 unspecified atom stereocenters. The van der Waals surface area contributed by atoms with Crippen molar-refractivity contribution >= 4 is 23.1 Å². The standard InChI is InChI=1S/C27H29F2N7O2/c1-14-8-16(9-22(30)26(14)33-15(2)37)19-6-7-31-13-24(19)34-27-32-12-17-4-5-23(35-36(17)27)25-20(28)10-18(38-3)11-21(25)29/h4-7,10-14,16,22,26H,8-9,30H2,1-3H3,(H,32,34)(H,33,37)/t14-,16+,22+,26-/m0/s1. The SMILES string of the molecule is COc1cc(F)c(-c2ccc3cnc(Nc4cnccc4[C@H]4C[C@@H](N)[C@@H](NC(C)=O)[C@@H](C)C4)n3n2)c(F)c1. The molecule has 1 amide bonds. The molecular formula is C27H29F2N7O2. The third kappa shape index (κ3) is 4.89. The average molecular weight is 522 g/mol. The van der Waals surface area contributed by atoms with Crippen LogP contribution >= 0.6 is 0 Å². The normalized spacial score (nSPS) is 21.3. The van der Waals surface area contributed by atoms with Gasteiger partial charge in [-0.2, -0.15) is 9.61 Å². The topological polar surface area (TPSA) is 119 Å². The Labute approximate surface area is 218 Å². The highest BCUT2D eigenvalue weighted by Gasteiger charge is 2.35. The molecule has 4 N–H and O–H groups in total. The van der Waals surface area contributed by atoms with E-state index in [1.807, 2.05) is 6.07 Å². The maximum Gasteiger partial charge on any atom is 0.229 e. The fraction of sp³-hybridized carbons (Fsp3) is 0.333. The first-order chi connectivity index (χ1) is 18.2. The van der Waals surface area contributed by atoms with E-state index in [-0.39, 0.29) is 46.8 Å². The summed E-state index contributed by atoms with van der Waals surface area (Å²) in [4.78, 5) is 20.3. The summed E-state index contributed by atoms with van der Waals surface area (Å²) in [6.07, 6.45) is 6.57. The second kappa shape index (κ2) is 10.3. The molecule has 0 bridgehead atoms. The zero-order chi connectivity index (χ0) is 27.0. The Morgan fingerprint density at radius 3 is 2.61 bits per heavy atom. The quantitative estimate of drug-likeness (QED) is 0.348. The number of benzene rings is 1. The number of ether oxygens (including phenoxy) is 1. The van der Waals surface area contributed by atoms with Gasteiger partial charge in [0.2, 0.25) is 11.9 Å². The Morgan fingerprint density at radius 2 is 1.92 bits per heavy atom. The van der Waals surface area contributed by atoms with Crippen LogP contribution in [0, 0.1) is 17.6 Å². The van der Waals surface area contributed by atoms with Crippen LogP contribution in [0.5, 0.6) is 5.75 Å². The first-order valence-corrected chi connectivity index (χ1v) is 12.4. The Balaban J connectivity index is 1.46. The number of aromatic nitrogens is 4. The summed E-state index contributed by atoms with van der Waals surface area (Å²) in [7, 11) is 1.34. The molecule has 3 aromatic heterocycles. The van der Waals surface area contributed by atoms with E-state index in [1.165, 1.54) is 18.5 Å². The van der Waals surface area contributed by atoms with Crippen molar-refractivity contribution in [2.45, 2.75) is 44.7 Å². The van der Waals surface area contributed by atoms with Crippen LogP contribution in [0.2, 0.25) is 0 Å². The number of rotatable bonds is 6. The number of pyridine rings is 1. The van der Waals surface area contributed by atoms with Crippen molar-refractivity contribution in [3.8, 4) is 17.0 Å². The Morgan fingerprint density at radius 1 is 1.16 bits per heavy atom. The van der Waals surface area contributed by atoms with E-state index in [0.717, 1.165) is 29.8 Å². The van der Waals surface area contributed by atoms with Crippen LogP contribution in [0.1, 0.15) is 38.2 Å². The molecule has 38 heavy (non-hydrogen) atoms. The number of nitrogens with two attached hydrogens (primary N) is 1. The van der Waals surface area contributed by atoms with Gasteiger partial charge in [-0.05, 0) is 48.4 Å². The smallest absolute Gasteiger partial charge is 0.229 e. The van der Waals surface area contributed by atoms with E-state index < -0.39 is 11.6 Å². The Bertz CT molecular complexity index is 1460. The minimum absolute atomic E-state index is 0.0825. The Kier molecular flexibility index (Phi) is 6.94. The number of carbonyl (C=O) groups excluding carboxylic acids is 1. The van der Waals surface area contributed by atoms with Crippen LogP contribution in [0.4, 0.5) is 20.4 Å². The van der Waals surface area contributed by atoms with Crippen molar-refractivity contribution in [3.63, 3.8) is 0 Å². The van der Waals surface area contributed by atoms with Gasteiger partial charge in [0.05, 0.1) is 42.0 Å². The number of hydrogen-bond donors (Lipinski definition) is 3. The third-order valence-corrected chi connectivity index (χ3v) is 7.09. The lowest BCUT2D eigenvalue weighted by atomic mass is 9.73. The molecule has 198 valence electrons. The van der Waals surface area contributed by atoms with E-state index >= 15 is 0 Å². The summed E-state index contributed by atoms with van der Waals surface area (Å²) in [6.45, 7) is 3.59. The maximum atomic E-state index is 14.7. The van der Waals surface area contributed by atoms with E-state index in [9.17, 15) is 13.6 Å². The molecule has 1 saturated carbocycles. The molecule has 0 saturated heterocycles. The lowest BCUT2D eigenvalue weighted by Crippen LogP contribution is -2.54. The van der Waals surface area contributed by atoms with Crippen LogP contribution in [-0.4, -0.2) is 44.7 Å². The fourth-order valence-corrected chi connectivity index (χ4v) is 5.33. The van der Waals surface area contributed by atoms with Crippen molar-refractivity contribution in [1.29, 1.82) is 0 Å². The fourth-order valence-electron chi connectivity index (χ4n) is 5.33. The number of nitrogens with one attached hydrogen (secondary N) is 2. The van der Waals surface area contributed by atoms with E-state index in [4.69, 9.17) is 10.5 Å². The van der Waals surface area contributed by atoms with Crippen LogP contribution in [0.3, 0.4) is 0 Å². The number of carbonyl (C=O) groups is 1. The zero-order valence-electron chi connectivity index (χ0n) is 21.3. The highest BCUT2D eigenvalue weighted by Crippen LogP contribution is 2.39. The predicted molar refractivity (Wildman–Crippen MR) is 139 cm³/mol. The molecule has 9 nitrogen and oxygen atoms in total. The number of fused-ring (bicyclic) bond motifs is 1. The van der Waals surface area contributed by atoms with Crippen molar-refractivity contribution in [2.24, 2.45) is 11.7 Å². The Hall–Kier alpha value is -4.12. The second-order valence-electron chi connectivity index (χ2n) is 9.73. The van der Waals surface area contributed by atoms with Gasteiger partial charge in [0.1, 0.15) is 17.4 Å². The highest BCUT2D eigenvalue weighted by molar-refractivity contribution is 5.73. The molecule has 3 heterocycles. The molecule has 1 aromatic carbocycles. The second-order valence-corrected chi connectivity index (χ2v) is 9.73. The van der Waals surface area contributed by atoms with Gasteiger partial charge >= 0.3 is 0 Å². The zero-order valence-corrected chi connectivity index (χ0v) is 21.3. The first-order valence-electron chi connectivity index (χ1n) is 12.4. The summed E-state index contributed by atoms with van der Waals surface area (Å²) in [6, 6.07) is 7.14. The molecule has 0 radical (unpaired) electrons. The number of methoxy groups -OCH3 is 1. The maximum absolute atomic E-state index is 14.7. The summed E-state index contributed by atoms with van der Waals surface area (Å²) in [5.74, 6) is -0.883. The number of imidazole rings is 1. The van der Waals surface area contributed by atoms with Gasteiger partial charge in [-0.25, -0.2) is 13.8 Å². The van der Waals surface area contributed by atoms with Gasteiger partial charge < -0.3 is 21.1 Å². The highest BCUT2D eigenvalue weighted by atomic mass is 19.1. The van der Waals surface area contributed by atoms with Crippen LogP contribution < -0.4 is 21.1 Å². The average Bonchev–Trinajstić information content (AvgIpc) is 3.27. The molecule has 5 rings (SSSR count). The van der Waals surface area contributed by atoms with Crippen molar-refractivity contribution in [1.82, 2.24) is 24.9 Å². The van der Waals surface area contributed by atoms with E-state index in [1.54, 1.807) is 30.7 Å². The predicted octanol–water partition coefficient (Wildman–Crippen LogP) is 4.17. The molecule has 4 atom stereocenters. The van der Waals surface area contributed by atoms with Crippen molar-refractivity contribution in [3.05, 3.63) is 66.1 Å². The van der Waals surface area contributed by atoms with Gasteiger partial charge in [-0.15, -0.1) is 0 Å². The van der Waals surface area contributed by atoms with Crippen molar-refractivity contribution in [2.75, 3.05) is 12.4 Å². The van der Waals surface area contributed by atoms with Gasteiger partial charge in [-0.1, -0.05) is 6.92 Å². The summed E-state index contributed by atoms with van der Waals surface area (Å²) >= 11 is 0. The van der Waals surface area contributed by atoms with E-state index in [2.05, 4.69) is 32.6 Å². The summed E-state index contributed by atoms with van der Waals surface area (Å²) in [5.41, 5.74) is 8.72. The summed E-state index contributed by atoms with van der Waals surface area (Å²) < 4.78 is 35.9. The molecular weight excluding hydrogens is 492 g/mol. The number of halogens is 2.